The summed E-state index contributed by atoms with van der Waals surface area (Å²) in [4.78, 5) is 4.68. The number of hydrogen-bond acceptors (Lipinski definition) is 3. The van der Waals surface area contributed by atoms with Gasteiger partial charge in [0.2, 0.25) is 0 Å². The lowest BCUT2D eigenvalue weighted by molar-refractivity contribution is 0.245. The van der Waals surface area contributed by atoms with Gasteiger partial charge in [0.15, 0.2) is 0 Å². The van der Waals surface area contributed by atoms with E-state index < -0.39 is 0 Å². The van der Waals surface area contributed by atoms with E-state index in [1.54, 1.807) is 0 Å². The van der Waals surface area contributed by atoms with Gasteiger partial charge in [-0.3, -0.25) is 9.29 Å². The van der Waals surface area contributed by atoms with Crippen molar-refractivity contribution in [3.05, 3.63) is 24.3 Å². The smallest absolute Gasteiger partial charge is 0.0906 e. The van der Waals surface area contributed by atoms with Crippen LogP contribution in [0.3, 0.4) is 0 Å². The topological polar surface area (TPSA) is 32.5 Å². The molecule has 94 valence electrons. The Labute approximate surface area is 102 Å². The first-order valence-corrected chi connectivity index (χ1v) is 6.18. The molecule has 0 amide bonds. The molecule has 0 aliphatic carbocycles. The Bertz CT molecular complexity index is 331. The van der Waals surface area contributed by atoms with Gasteiger partial charge in [0.1, 0.15) is 0 Å². The number of alkyl halides is 1. The second kappa shape index (κ2) is 5.87. The van der Waals surface area contributed by atoms with Crippen LogP contribution in [0.25, 0.3) is 0 Å². The Balaban J connectivity index is 1.84. The van der Waals surface area contributed by atoms with Crippen molar-refractivity contribution < 1.29 is 4.39 Å². The third kappa shape index (κ3) is 3.33. The van der Waals surface area contributed by atoms with E-state index in [1.807, 2.05) is 12.1 Å². The molecular formula is C13H20FN3. The maximum atomic E-state index is 12.1. The van der Waals surface area contributed by atoms with Gasteiger partial charge in [0.05, 0.1) is 6.67 Å². The number of piperazine rings is 1. The normalized spacial score (nSPS) is 17.4. The number of hydrogen-bond donors (Lipinski definition) is 1. The van der Waals surface area contributed by atoms with Gasteiger partial charge in [0, 0.05) is 44.1 Å². The zero-order valence-electron chi connectivity index (χ0n) is 10.1. The zero-order chi connectivity index (χ0) is 12.1. The van der Waals surface area contributed by atoms with E-state index in [4.69, 9.17) is 5.73 Å². The molecule has 0 unspecified atom stereocenters. The van der Waals surface area contributed by atoms with E-state index in [9.17, 15) is 4.39 Å². The summed E-state index contributed by atoms with van der Waals surface area (Å²) in [6.45, 7) is 4.73. The fourth-order valence-electron chi connectivity index (χ4n) is 2.20. The summed E-state index contributed by atoms with van der Waals surface area (Å²) in [5.74, 6) is 0. The Kier molecular flexibility index (Phi) is 4.20. The molecule has 1 aromatic carbocycles. The molecular weight excluding hydrogens is 217 g/mol. The molecule has 3 nitrogen and oxygen atoms in total. The molecule has 1 aliphatic rings. The van der Waals surface area contributed by atoms with Gasteiger partial charge in [-0.2, -0.15) is 0 Å². The van der Waals surface area contributed by atoms with Crippen molar-refractivity contribution in [2.24, 2.45) is 0 Å². The molecule has 0 radical (unpaired) electrons. The van der Waals surface area contributed by atoms with Crippen LogP contribution in [0.4, 0.5) is 15.8 Å². The summed E-state index contributed by atoms with van der Waals surface area (Å²) in [7, 11) is 0. The molecule has 0 spiro atoms. The van der Waals surface area contributed by atoms with Crippen LogP contribution in [0.1, 0.15) is 6.42 Å². The maximum Gasteiger partial charge on any atom is 0.0906 e. The zero-order valence-corrected chi connectivity index (χ0v) is 10.1. The molecule has 0 atom stereocenters. The molecule has 0 aromatic heterocycles. The lowest BCUT2D eigenvalue weighted by atomic mass is 10.2. The van der Waals surface area contributed by atoms with Gasteiger partial charge in [-0.15, -0.1) is 0 Å². The SMILES string of the molecule is Nc1ccc(N2CCN(CCCF)CC2)cc1. The number of benzene rings is 1. The van der Waals surface area contributed by atoms with Crippen molar-refractivity contribution in [2.75, 3.05) is 50.0 Å². The van der Waals surface area contributed by atoms with E-state index in [1.165, 1.54) is 5.69 Å². The van der Waals surface area contributed by atoms with Crippen molar-refractivity contribution in [2.45, 2.75) is 6.42 Å². The maximum absolute atomic E-state index is 12.1. The first-order chi connectivity index (χ1) is 8.29. The molecule has 2 N–H and O–H groups in total. The molecule has 1 aliphatic heterocycles. The van der Waals surface area contributed by atoms with Crippen LogP contribution in [0.2, 0.25) is 0 Å². The lowest BCUT2D eigenvalue weighted by Crippen LogP contribution is -2.46. The Hall–Kier alpha value is -1.29. The highest BCUT2D eigenvalue weighted by atomic mass is 19.1. The number of halogens is 1. The van der Waals surface area contributed by atoms with Gasteiger partial charge in [0.25, 0.3) is 0 Å². The van der Waals surface area contributed by atoms with Crippen LogP contribution in [0.15, 0.2) is 24.3 Å². The van der Waals surface area contributed by atoms with Gasteiger partial charge in [-0.1, -0.05) is 0 Å². The number of nitrogen functional groups attached to an aromatic ring is 1. The minimum Gasteiger partial charge on any atom is -0.399 e. The van der Waals surface area contributed by atoms with E-state index in [2.05, 4.69) is 21.9 Å². The average Bonchev–Trinajstić information content (AvgIpc) is 2.38. The molecule has 1 saturated heterocycles. The Morgan fingerprint density at radius 1 is 1.06 bits per heavy atom. The van der Waals surface area contributed by atoms with E-state index in [0.29, 0.717) is 6.42 Å². The third-order valence-electron chi connectivity index (χ3n) is 3.24. The summed E-state index contributed by atoms with van der Waals surface area (Å²) in [6, 6.07) is 7.99. The fourth-order valence-corrected chi connectivity index (χ4v) is 2.20. The van der Waals surface area contributed by atoms with E-state index in [-0.39, 0.29) is 6.67 Å². The molecule has 4 heteroatoms. The van der Waals surface area contributed by atoms with Crippen molar-refractivity contribution in [3.63, 3.8) is 0 Å². The highest BCUT2D eigenvalue weighted by Crippen LogP contribution is 2.18. The molecule has 1 fully saturated rings. The minimum absolute atomic E-state index is 0.210. The fraction of sp³-hybridized carbons (Fsp3) is 0.538. The number of nitrogens with zero attached hydrogens (tertiary/aromatic N) is 2. The Morgan fingerprint density at radius 2 is 1.71 bits per heavy atom. The highest BCUT2D eigenvalue weighted by molar-refractivity contribution is 5.53. The third-order valence-corrected chi connectivity index (χ3v) is 3.24. The predicted molar refractivity (Wildman–Crippen MR) is 70.1 cm³/mol. The van der Waals surface area contributed by atoms with Gasteiger partial charge in [-0.05, 0) is 30.7 Å². The summed E-state index contributed by atoms with van der Waals surface area (Å²) < 4.78 is 12.1. The van der Waals surface area contributed by atoms with Crippen LogP contribution in [-0.2, 0) is 0 Å². The largest absolute Gasteiger partial charge is 0.399 e. The molecule has 0 saturated carbocycles. The predicted octanol–water partition coefficient (Wildman–Crippen LogP) is 1.75. The van der Waals surface area contributed by atoms with Crippen molar-refractivity contribution >= 4 is 11.4 Å². The molecule has 2 rings (SSSR count). The number of nitrogens with two attached hydrogens (primary N) is 1. The highest BCUT2D eigenvalue weighted by Gasteiger charge is 2.16. The van der Waals surface area contributed by atoms with Gasteiger partial charge < -0.3 is 10.6 Å². The van der Waals surface area contributed by atoms with Crippen molar-refractivity contribution in [1.29, 1.82) is 0 Å². The lowest BCUT2D eigenvalue weighted by Gasteiger charge is -2.36. The first-order valence-electron chi connectivity index (χ1n) is 6.18. The Morgan fingerprint density at radius 3 is 2.29 bits per heavy atom. The summed E-state index contributed by atoms with van der Waals surface area (Å²) in [5, 5.41) is 0. The minimum atomic E-state index is -0.210. The van der Waals surface area contributed by atoms with Crippen LogP contribution in [0, 0.1) is 0 Å². The molecule has 0 bridgehead atoms. The standard InChI is InChI=1S/C13H20FN3/c14-6-1-7-16-8-10-17(11-9-16)13-4-2-12(15)3-5-13/h2-5H,1,6-11,15H2. The van der Waals surface area contributed by atoms with Crippen LogP contribution in [-0.4, -0.2) is 44.3 Å². The first kappa shape index (κ1) is 12.2. The summed E-state index contributed by atoms with van der Waals surface area (Å²) in [5.41, 5.74) is 7.70. The second-order valence-corrected chi connectivity index (χ2v) is 4.46. The quantitative estimate of drug-likeness (QED) is 0.810. The average molecular weight is 237 g/mol. The van der Waals surface area contributed by atoms with Crippen LogP contribution < -0.4 is 10.6 Å². The van der Waals surface area contributed by atoms with Crippen molar-refractivity contribution in [1.82, 2.24) is 4.90 Å². The number of anilines is 2. The summed E-state index contributed by atoms with van der Waals surface area (Å²) in [6.07, 6.45) is 0.655. The van der Waals surface area contributed by atoms with Crippen LogP contribution >= 0.6 is 0 Å². The van der Waals surface area contributed by atoms with Crippen molar-refractivity contribution in [3.8, 4) is 0 Å². The van der Waals surface area contributed by atoms with E-state index in [0.717, 1.165) is 38.4 Å². The second-order valence-electron chi connectivity index (χ2n) is 4.46. The van der Waals surface area contributed by atoms with E-state index >= 15 is 0 Å². The van der Waals surface area contributed by atoms with Crippen LogP contribution in [0.5, 0.6) is 0 Å². The number of rotatable bonds is 4. The molecule has 17 heavy (non-hydrogen) atoms. The van der Waals surface area contributed by atoms with Gasteiger partial charge >= 0.3 is 0 Å². The summed E-state index contributed by atoms with van der Waals surface area (Å²) >= 11 is 0. The van der Waals surface area contributed by atoms with Gasteiger partial charge in [-0.25, -0.2) is 0 Å². The molecule has 1 heterocycles. The monoisotopic (exact) mass is 237 g/mol. The molecule has 1 aromatic rings.